The molecule has 2 aliphatic rings. The SMILES string of the molecule is NCC(C1CCCCC1)N1CCOc2ccccc2C1. The topological polar surface area (TPSA) is 38.5 Å². The van der Waals surface area contributed by atoms with Crippen LogP contribution in [0.25, 0.3) is 0 Å². The van der Waals surface area contributed by atoms with Crippen LogP contribution in [-0.2, 0) is 6.54 Å². The highest BCUT2D eigenvalue weighted by atomic mass is 16.5. The molecule has 3 heteroatoms. The van der Waals surface area contributed by atoms with Gasteiger partial charge in [0.25, 0.3) is 0 Å². The molecule has 0 bridgehead atoms. The molecule has 0 spiro atoms. The molecule has 0 saturated heterocycles. The van der Waals surface area contributed by atoms with Crippen LogP contribution in [0.4, 0.5) is 0 Å². The lowest BCUT2D eigenvalue weighted by Crippen LogP contribution is -2.46. The molecule has 2 N–H and O–H groups in total. The molecule has 1 saturated carbocycles. The van der Waals surface area contributed by atoms with E-state index in [4.69, 9.17) is 10.5 Å². The van der Waals surface area contributed by atoms with Gasteiger partial charge in [0.2, 0.25) is 0 Å². The third-order valence-corrected chi connectivity index (χ3v) is 4.89. The maximum atomic E-state index is 6.12. The molecule has 0 aromatic heterocycles. The number of hydrogen-bond acceptors (Lipinski definition) is 3. The van der Waals surface area contributed by atoms with Gasteiger partial charge in [-0.2, -0.15) is 0 Å². The van der Waals surface area contributed by atoms with E-state index in [2.05, 4.69) is 29.2 Å². The van der Waals surface area contributed by atoms with E-state index in [9.17, 15) is 0 Å². The van der Waals surface area contributed by atoms with E-state index >= 15 is 0 Å². The Morgan fingerprint density at radius 1 is 1.20 bits per heavy atom. The number of para-hydroxylation sites is 1. The van der Waals surface area contributed by atoms with Crippen LogP contribution in [-0.4, -0.2) is 30.6 Å². The standard InChI is InChI=1S/C17H26N2O/c18-12-16(14-6-2-1-3-7-14)19-10-11-20-17-9-5-4-8-15(17)13-19/h4-5,8-9,14,16H,1-3,6-7,10-13,18H2. The summed E-state index contributed by atoms with van der Waals surface area (Å²) in [5.74, 6) is 1.83. The quantitative estimate of drug-likeness (QED) is 0.921. The largest absolute Gasteiger partial charge is 0.492 e. The summed E-state index contributed by atoms with van der Waals surface area (Å²) in [6.45, 7) is 3.52. The Bertz CT molecular complexity index is 429. The molecular weight excluding hydrogens is 248 g/mol. The van der Waals surface area contributed by atoms with Gasteiger partial charge in [-0.15, -0.1) is 0 Å². The average Bonchev–Trinajstić information content (AvgIpc) is 2.71. The molecule has 1 aromatic carbocycles. The van der Waals surface area contributed by atoms with Gasteiger partial charge >= 0.3 is 0 Å². The van der Waals surface area contributed by atoms with Gasteiger partial charge in [0, 0.05) is 31.2 Å². The summed E-state index contributed by atoms with van der Waals surface area (Å²) in [5.41, 5.74) is 7.43. The predicted octanol–water partition coefficient (Wildman–Crippen LogP) is 2.79. The van der Waals surface area contributed by atoms with Crippen molar-refractivity contribution >= 4 is 0 Å². The van der Waals surface area contributed by atoms with Crippen molar-refractivity contribution in [3.8, 4) is 5.75 Å². The molecule has 1 fully saturated rings. The highest BCUT2D eigenvalue weighted by Gasteiger charge is 2.29. The van der Waals surface area contributed by atoms with Gasteiger partial charge in [-0.3, -0.25) is 4.90 Å². The molecule has 3 rings (SSSR count). The lowest BCUT2D eigenvalue weighted by molar-refractivity contribution is 0.107. The summed E-state index contributed by atoms with van der Waals surface area (Å²) in [7, 11) is 0. The molecular formula is C17H26N2O. The minimum atomic E-state index is 0.519. The zero-order chi connectivity index (χ0) is 13.8. The van der Waals surface area contributed by atoms with Crippen molar-refractivity contribution in [2.75, 3.05) is 19.7 Å². The molecule has 1 unspecified atom stereocenters. The zero-order valence-corrected chi connectivity index (χ0v) is 12.3. The smallest absolute Gasteiger partial charge is 0.123 e. The predicted molar refractivity (Wildman–Crippen MR) is 81.8 cm³/mol. The second-order valence-corrected chi connectivity index (χ2v) is 6.13. The van der Waals surface area contributed by atoms with Gasteiger partial charge in [0.1, 0.15) is 12.4 Å². The molecule has 110 valence electrons. The number of ether oxygens (including phenoxy) is 1. The van der Waals surface area contributed by atoms with Crippen molar-refractivity contribution in [3.63, 3.8) is 0 Å². The highest BCUT2D eigenvalue weighted by Crippen LogP contribution is 2.31. The van der Waals surface area contributed by atoms with Crippen LogP contribution in [0.5, 0.6) is 5.75 Å². The summed E-state index contributed by atoms with van der Waals surface area (Å²) in [4.78, 5) is 2.56. The van der Waals surface area contributed by atoms with Crippen molar-refractivity contribution in [1.82, 2.24) is 4.90 Å². The van der Waals surface area contributed by atoms with Crippen molar-refractivity contribution in [2.24, 2.45) is 11.7 Å². The van der Waals surface area contributed by atoms with E-state index in [1.54, 1.807) is 0 Å². The molecule has 1 atom stereocenters. The molecule has 1 aliphatic heterocycles. The van der Waals surface area contributed by atoms with Gasteiger partial charge in [-0.25, -0.2) is 0 Å². The fourth-order valence-electron chi connectivity index (χ4n) is 3.79. The van der Waals surface area contributed by atoms with E-state index in [0.29, 0.717) is 6.04 Å². The molecule has 3 nitrogen and oxygen atoms in total. The van der Waals surface area contributed by atoms with Gasteiger partial charge in [-0.1, -0.05) is 37.5 Å². The molecule has 0 radical (unpaired) electrons. The number of fused-ring (bicyclic) bond motifs is 1. The van der Waals surface area contributed by atoms with Crippen molar-refractivity contribution in [2.45, 2.75) is 44.7 Å². The lowest BCUT2D eigenvalue weighted by Gasteiger charge is -2.37. The first-order valence-corrected chi connectivity index (χ1v) is 8.03. The monoisotopic (exact) mass is 274 g/mol. The van der Waals surface area contributed by atoms with Crippen LogP contribution < -0.4 is 10.5 Å². The van der Waals surface area contributed by atoms with Gasteiger partial charge < -0.3 is 10.5 Å². The fraction of sp³-hybridized carbons (Fsp3) is 0.647. The molecule has 1 heterocycles. The van der Waals surface area contributed by atoms with E-state index < -0.39 is 0 Å². The minimum absolute atomic E-state index is 0.519. The average molecular weight is 274 g/mol. The zero-order valence-electron chi connectivity index (χ0n) is 12.3. The van der Waals surface area contributed by atoms with E-state index in [-0.39, 0.29) is 0 Å². The Balaban J connectivity index is 1.74. The second-order valence-electron chi connectivity index (χ2n) is 6.13. The maximum Gasteiger partial charge on any atom is 0.123 e. The van der Waals surface area contributed by atoms with Crippen molar-refractivity contribution in [3.05, 3.63) is 29.8 Å². The number of nitrogens with two attached hydrogens (primary N) is 1. The highest BCUT2D eigenvalue weighted by molar-refractivity contribution is 5.33. The Hall–Kier alpha value is -1.06. The fourth-order valence-corrected chi connectivity index (χ4v) is 3.79. The summed E-state index contributed by atoms with van der Waals surface area (Å²) >= 11 is 0. The van der Waals surface area contributed by atoms with Crippen LogP contribution in [0.2, 0.25) is 0 Å². The number of hydrogen-bond donors (Lipinski definition) is 1. The Morgan fingerprint density at radius 3 is 2.80 bits per heavy atom. The number of nitrogens with zero attached hydrogens (tertiary/aromatic N) is 1. The number of rotatable bonds is 3. The van der Waals surface area contributed by atoms with Crippen LogP contribution >= 0.6 is 0 Å². The molecule has 1 aromatic rings. The van der Waals surface area contributed by atoms with Crippen molar-refractivity contribution < 1.29 is 4.74 Å². The number of benzene rings is 1. The second kappa shape index (κ2) is 6.59. The maximum absolute atomic E-state index is 6.12. The van der Waals surface area contributed by atoms with Gasteiger partial charge in [0.05, 0.1) is 0 Å². The Morgan fingerprint density at radius 2 is 2.00 bits per heavy atom. The normalized spacial score (nSPS) is 22.6. The first-order chi connectivity index (χ1) is 9.88. The summed E-state index contributed by atoms with van der Waals surface area (Å²) in [6.07, 6.45) is 6.85. The minimum Gasteiger partial charge on any atom is -0.492 e. The third kappa shape index (κ3) is 2.99. The summed E-state index contributed by atoms with van der Waals surface area (Å²) < 4.78 is 5.88. The Labute approximate surface area is 122 Å². The van der Waals surface area contributed by atoms with E-state index in [0.717, 1.165) is 37.9 Å². The van der Waals surface area contributed by atoms with Crippen LogP contribution in [0, 0.1) is 5.92 Å². The van der Waals surface area contributed by atoms with Crippen LogP contribution in [0.1, 0.15) is 37.7 Å². The molecule has 0 amide bonds. The van der Waals surface area contributed by atoms with Crippen LogP contribution in [0.3, 0.4) is 0 Å². The van der Waals surface area contributed by atoms with Crippen molar-refractivity contribution in [1.29, 1.82) is 0 Å². The van der Waals surface area contributed by atoms with E-state index in [1.165, 1.54) is 37.7 Å². The van der Waals surface area contributed by atoms with Gasteiger partial charge in [-0.05, 0) is 24.8 Å². The summed E-state index contributed by atoms with van der Waals surface area (Å²) in [5, 5.41) is 0. The van der Waals surface area contributed by atoms with E-state index in [1.807, 2.05) is 0 Å². The Kier molecular flexibility index (Phi) is 4.58. The first-order valence-electron chi connectivity index (χ1n) is 8.03. The third-order valence-electron chi connectivity index (χ3n) is 4.89. The summed E-state index contributed by atoms with van der Waals surface area (Å²) in [6, 6.07) is 8.93. The lowest BCUT2D eigenvalue weighted by atomic mass is 9.83. The molecule has 1 aliphatic carbocycles. The van der Waals surface area contributed by atoms with Crippen LogP contribution in [0.15, 0.2) is 24.3 Å². The first kappa shape index (κ1) is 13.9. The van der Waals surface area contributed by atoms with Gasteiger partial charge in [0.15, 0.2) is 0 Å². The molecule has 20 heavy (non-hydrogen) atoms.